The molecule has 1 aliphatic heterocycles. The summed E-state index contributed by atoms with van der Waals surface area (Å²) in [5, 5.41) is 0. The lowest BCUT2D eigenvalue weighted by atomic mass is 9.98. The number of alkyl halides is 3. The van der Waals surface area contributed by atoms with Crippen LogP contribution in [0, 0.1) is 5.82 Å². The van der Waals surface area contributed by atoms with Gasteiger partial charge in [0.25, 0.3) is 5.91 Å². The Kier molecular flexibility index (Phi) is 4.22. The van der Waals surface area contributed by atoms with E-state index >= 15 is 0 Å². The van der Waals surface area contributed by atoms with Crippen molar-refractivity contribution < 1.29 is 22.4 Å². The van der Waals surface area contributed by atoms with Gasteiger partial charge in [0, 0.05) is 24.2 Å². The molecule has 1 amide bonds. The number of nitrogens with zero attached hydrogens (tertiary/aromatic N) is 1. The highest BCUT2D eigenvalue weighted by Gasteiger charge is 2.35. The molecule has 2 atom stereocenters. The zero-order valence-electron chi connectivity index (χ0n) is 11.5. The number of carbonyl (C=O) groups is 1. The maximum atomic E-state index is 13.2. The standard InChI is InChI=1S/C14H16F4N2O/c1-8-6-10(19)4-5-20(8)13(21)9-2-3-12(15)11(7-9)14(16,17)18/h2-3,7-8,10H,4-6,19H2,1H3. The van der Waals surface area contributed by atoms with Crippen LogP contribution in [0.2, 0.25) is 0 Å². The van der Waals surface area contributed by atoms with Gasteiger partial charge < -0.3 is 10.6 Å². The molecule has 2 rings (SSSR count). The molecule has 2 N–H and O–H groups in total. The Morgan fingerprint density at radius 1 is 1.38 bits per heavy atom. The molecule has 21 heavy (non-hydrogen) atoms. The van der Waals surface area contributed by atoms with Crippen LogP contribution in [0.15, 0.2) is 18.2 Å². The Balaban J connectivity index is 2.28. The summed E-state index contributed by atoms with van der Waals surface area (Å²) in [6.45, 7) is 2.19. The molecule has 1 fully saturated rings. The number of halogens is 4. The third-order valence-corrected chi connectivity index (χ3v) is 3.70. The molecular formula is C14H16F4N2O. The third kappa shape index (κ3) is 3.34. The summed E-state index contributed by atoms with van der Waals surface area (Å²) < 4.78 is 51.3. The van der Waals surface area contributed by atoms with E-state index in [1.807, 2.05) is 0 Å². The molecule has 1 aromatic rings. The summed E-state index contributed by atoms with van der Waals surface area (Å²) in [7, 11) is 0. The van der Waals surface area contributed by atoms with Crippen LogP contribution in [0.1, 0.15) is 35.7 Å². The first-order valence-corrected chi connectivity index (χ1v) is 6.63. The van der Waals surface area contributed by atoms with Crippen molar-refractivity contribution in [1.82, 2.24) is 4.90 Å². The average molecular weight is 304 g/mol. The molecule has 0 bridgehead atoms. The second kappa shape index (κ2) is 5.63. The fourth-order valence-electron chi connectivity index (χ4n) is 2.55. The number of nitrogens with two attached hydrogens (primary N) is 1. The van der Waals surface area contributed by atoms with Crippen molar-refractivity contribution in [3.63, 3.8) is 0 Å². The van der Waals surface area contributed by atoms with E-state index in [1.54, 1.807) is 6.92 Å². The monoisotopic (exact) mass is 304 g/mol. The van der Waals surface area contributed by atoms with Crippen LogP contribution in [0.4, 0.5) is 17.6 Å². The summed E-state index contributed by atoms with van der Waals surface area (Å²) in [6.07, 6.45) is -3.63. The van der Waals surface area contributed by atoms with Crippen LogP contribution in [0.5, 0.6) is 0 Å². The van der Waals surface area contributed by atoms with Crippen molar-refractivity contribution >= 4 is 5.91 Å². The second-order valence-electron chi connectivity index (χ2n) is 5.32. The van der Waals surface area contributed by atoms with Gasteiger partial charge in [0.1, 0.15) is 5.82 Å². The number of rotatable bonds is 1. The van der Waals surface area contributed by atoms with Crippen molar-refractivity contribution in [2.75, 3.05) is 6.54 Å². The van der Waals surface area contributed by atoms with Gasteiger partial charge in [-0.3, -0.25) is 4.79 Å². The molecule has 0 aliphatic carbocycles. The Hall–Kier alpha value is -1.63. The predicted molar refractivity (Wildman–Crippen MR) is 69.1 cm³/mol. The van der Waals surface area contributed by atoms with Crippen LogP contribution < -0.4 is 5.73 Å². The maximum Gasteiger partial charge on any atom is 0.419 e. The van der Waals surface area contributed by atoms with Crippen LogP contribution in [-0.2, 0) is 6.18 Å². The van der Waals surface area contributed by atoms with Crippen LogP contribution in [-0.4, -0.2) is 29.4 Å². The van der Waals surface area contributed by atoms with Gasteiger partial charge in [0.05, 0.1) is 5.56 Å². The third-order valence-electron chi connectivity index (χ3n) is 3.70. The molecule has 2 unspecified atom stereocenters. The zero-order chi connectivity index (χ0) is 15.8. The van der Waals surface area contributed by atoms with Gasteiger partial charge >= 0.3 is 6.18 Å². The summed E-state index contributed by atoms with van der Waals surface area (Å²) in [5.41, 5.74) is 4.21. The normalized spacial score (nSPS) is 23.2. The van der Waals surface area contributed by atoms with E-state index in [0.717, 1.165) is 6.07 Å². The van der Waals surface area contributed by atoms with Gasteiger partial charge in [-0.15, -0.1) is 0 Å². The fraction of sp³-hybridized carbons (Fsp3) is 0.500. The summed E-state index contributed by atoms with van der Waals surface area (Å²) in [5.74, 6) is -1.91. The Bertz CT molecular complexity index is 544. The van der Waals surface area contributed by atoms with E-state index in [2.05, 4.69) is 0 Å². The van der Waals surface area contributed by atoms with Crippen molar-refractivity contribution in [3.8, 4) is 0 Å². The minimum Gasteiger partial charge on any atom is -0.336 e. The van der Waals surface area contributed by atoms with E-state index < -0.39 is 23.5 Å². The number of benzene rings is 1. The SMILES string of the molecule is CC1CC(N)CCN1C(=O)c1ccc(F)c(C(F)(F)F)c1. The van der Waals surface area contributed by atoms with Crippen molar-refractivity contribution in [1.29, 1.82) is 0 Å². The van der Waals surface area contributed by atoms with E-state index in [-0.39, 0.29) is 17.6 Å². The van der Waals surface area contributed by atoms with Gasteiger partial charge in [0.15, 0.2) is 0 Å². The molecule has 0 spiro atoms. The predicted octanol–water partition coefficient (Wildman–Crippen LogP) is 2.80. The Labute approximate surface area is 119 Å². The van der Waals surface area contributed by atoms with E-state index in [4.69, 9.17) is 5.73 Å². The molecule has 7 heteroatoms. The molecule has 1 saturated heterocycles. The van der Waals surface area contributed by atoms with Crippen molar-refractivity contribution in [3.05, 3.63) is 35.1 Å². The van der Waals surface area contributed by atoms with Crippen molar-refractivity contribution in [2.24, 2.45) is 5.73 Å². The molecule has 0 saturated carbocycles. The van der Waals surface area contributed by atoms with Gasteiger partial charge in [0.2, 0.25) is 0 Å². The lowest BCUT2D eigenvalue weighted by Crippen LogP contribution is -2.48. The number of likely N-dealkylation sites (tertiary alicyclic amines) is 1. The highest BCUT2D eigenvalue weighted by Crippen LogP contribution is 2.32. The first-order valence-electron chi connectivity index (χ1n) is 6.63. The minimum atomic E-state index is -4.82. The first kappa shape index (κ1) is 15.8. The largest absolute Gasteiger partial charge is 0.419 e. The number of amides is 1. The number of hydrogen-bond donors (Lipinski definition) is 1. The molecule has 116 valence electrons. The smallest absolute Gasteiger partial charge is 0.336 e. The second-order valence-corrected chi connectivity index (χ2v) is 5.32. The van der Waals surface area contributed by atoms with Crippen LogP contribution >= 0.6 is 0 Å². The summed E-state index contributed by atoms with van der Waals surface area (Å²) >= 11 is 0. The van der Waals surface area contributed by atoms with Crippen LogP contribution in [0.3, 0.4) is 0 Å². The first-order chi connectivity index (χ1) is 9.70. The highest BCUT2D eigenvalue weighted by molar-refractivity contribution is 5.94. The fourth-order valence-corrected chi connectivity index (χ4v) is 2.55. The number of carbonyl (C=O) groups excluding carboxylic acids is 1. The quantitative estimate of drug-likeness (QED) is 0.811. The van der Waals surface area contributed by atoms with Gasteiger partial charge in [-0.2, -0.15) is 13.2 Å². The molecule has 0 radical (unpaired) electrons. The van der Waals surface area contributed by atoms with Gasteiger partial charge in [-0.25, -0.2) is 4.39 Å². The van der Waals surface area contributed by atoms with Gasteiger partial charge in [-0.05, 0) is 38.0 Å². The summed E-state index contributed by atoms with van der Waals surface area (Å²) in [4.78, 5) is 13.8. The molecular weight excluding hydrogens is 288 g/mol. The summed E-state index contributed by atoms with van der Waals surface area (Å²) in [6, 6.07) is 2.16. The molecule has 1 aliphatic rings. The van der Waals surface area contributed by atoms with E-state index in [1.165, 1.54) is 4.90 Å². The van der Waals surface area contributed by atoms with Crippen LogP contribution in [0.25, 0.3) is 0 Å². The Morgan fingerprint density at radius 3 is 2.62 bits per heavy atom. The number of piperidine rings is 1. The Morgan fingerprint density at radius 2 is 2.05 bits per heavy atom. The molecule has 3 nitrogen and oxygen atoms in total. The maximum absolute atomic E-state index is 13.2. The lowest BCUT2D eigenvalue weighted by Gasteiger charge is -2.36. The molecule has 0 aromatic heterocycles. The van der Waals surface area contributed by atoms with Gasteiger partial charge in [-0.1, -0.05) is 0 Å². The average Bonchev–Trinajstić information content (AvgIpc) is 2.37. The highest BCUT2D eigenvalue weighted by atomic mass is 19.4. The minimum absolute atomic E-state index is 0.0111. The van der Waals surface area contributed by atoms with E-state index in [9.17, 15) is 22.4 Å². The van der Waals surface area contributed by atoms with E-state index in [0.29, 0.717) is 31.5 Å². The van der Waals surface area contributed by atoms with Crippen molar-refractivity contribution in [2.45, 2.75) is 38.0 Å². The number of hydrogen-bond acceptors (Lipinski definition) is 2. The molecule has 1 heterocycles. The lowest BCUT2D eigenvalue weighted by molar-refractivity contribution is -0.140. The molecule has 1 aromatic carbocycles. The zero-order valence-corrected chi connectivity index (χ0v) is 11.5. The topological polar surface area (TPSA) is 46.3 Å².